The molecular weight excluding hydrogens is 203 g/mol. The highest BCUT2D eigenvalue weighted by Crippen LogP contribution is 2.44. The number of methoxy groups -OCH3 is 2. The number of rotatable bonds is 9. The van der Waals surface area contributed by atoms with Gasteiger partial charge < -0.3 is 18.5 Å². The predicted molar refractivity (Wildman–Crippen MR) is 57.2 cm³/mol. The van der Waals surface area contributed by atoms with E-state index in [4.69, 9.17) is 18.5 Å². The fourth-order valence-electron chi connectivity index (χ4n) is 0.790. The van der Waals surface area contributed by atoms with Crippen LogP contribution in [0.1, 0.15) is 26.7 Å². The van der Waals surface area contributed by atoms with Crippen LogP contribution in [0.15, 0.2) is 0 Å². The average molecular weight is 224 g/mol. The number of hydrogen-bond donors (Lipinski definition) is 0. The highest BCUT2D eigenvalue weighted by atomic mass is 31.2. The molecule has 0 saturated carbocycles. The summed E-state index contributed by atoms with van der Waals surface area (Å²) in [5.41, 5.74) is 0. The van der Waals surface area contributed by atoms with Gasteiger partial charge in [-0.15, -0.1) is 0 Å². The highest BCUT2D eigenvalue weighted by molar-refractivity contribution is 7.47. The third kappa shape index (κ3) is 5.89. The lowest BCUT2D eigenvalue weighted by Gasteiger charge is -2.23. The molecule has 0 heterocycles. The van der Waals surface area contributed by atoms with Gasteiger partial charge in [0.15, 0.2) is 0 Å². The van der Waals surface area contributed by atoms with E-state index in [-0.39, 0.29) is 6.03 Å². The van der Waals surface area contributed by atoms with E-state index >= 15 is 0 Å². The molecule has 14 heavy (non-hydrogen) atoms. The van der Waals surface area contributed by atoms with E-state index in [9.17, 15) is 0 Å². The van der Waals surface area contributed by atoms with Crippen molar-refractivity contribution in [2.24, 2.45) is 0 Å². The molecule has 0 bridgehead atoms. The summed E-state index contributed by atoms with van der Waals surface area (Å²) in [6, 6.07) is -0.386. The molecule has 0 atom stereocenters. The summed E-state index contributed by atoms with van der Waals surface area (Å²) in [5.74, 6) is 0. The third-order valence-electron chi connectivity index (χ3n) is 1.42. The minimum absolute atomic E-state index is 0.386. The molecule has 0 saturated heterocycles. The van der Waals surface area contributed by atoms with Crippen LogP contribution in [0.2, 0.25) is 0 Å². The second-order valence-electron chi connectivity index (χ2n) is 2.73. The third-order valence-corrected chi connectivity index (χ3v) is 3.06. The van der Waals surface area contributed by atoms with Crippen molar-refractivity contribution in [3.05, 3.63) is 0 Å². The lowest BCUT2D eigenvalue weighted by Crippen LogP contribution is -2.14. The maximum Gasteiger partial charge on any atom is 0.231 e. The summed E-state index contributed by atoms with van der Waals surface area (Å²) >= 11 is 0. The first-order chi connectivity index (χ1) is 6.79. The molecule has 0 radical (unpaired) electrons. The summed E-state index contributed by atoms with van der Waals surface area (Å²) in [4.78, 5) is 0. The highest BCUT2D eigenvalue weighted by Gasteiger charge is 2.23. The monoisotopic (exact) mass is 224 g/mol. The van der Waals surface area contributed by atoms with Gasteiger partial charge in [0.2, 0.25) is 14.4 Å². The van der Waals surface area contributed by atoms with Crippen molar-refractivity contribution in [1.82, 2.24) is 0 Å². The van der Waals surface area contributed by atoms with E-state index in [2.05, 4.69) is 13.8 Å². The smallest absolute Gasteiger partial charge is 0.231 e. The van der Waals surface area contributed by atoms with Crippen LogP contribution < -0.4 is 0 Å². The van der Waals surface area contributed by atoms with Crippen molar-refractivity contribution in [3.8, 4) is 0 Å². The first kappa shape index (κ1) is 14.3. The van der Waals surface area contributed by atoms with E-state index < -0.39 is 8.38 Å². The van der Waals surface area contributed by atoms with Gasteiger partial charge in [0.25, 0.3) is 0 Å². The molecule has 0 fully saturated rings. The molecule has 86 valence electrons. The average Bonchev–Trinajstić information content (AvgIpc) is 2.22. The van der Waals surface area contributed by atoms with E-state index in [1.807, 2.05) is 0 Å². The van der Waals surface area contributed by atoms with E-state index in [1.165, 1.54) is 0 Å². The Hall–Kier alpha value is 0.270. The molecule has 4 nitrogen and oxygen atoms in total. The Morgan fingerprint density at radius 2 is 1.36 bits per heavy atom. The Morgan fingerprint density at radius 1 is 0.929 bits per heavy atom. The van der Waals surface area contributed by atoms with E-state index in [0.29, 0.717) is 13.2 Å². The molecule has 0 N–H and O–H groups in total. The molecule has 0 amide bonds. The van der Waals surface area contributed by atoms with Gasteiger partial charge in [0, 0.05) is 14.2 Å². The molecule has 0 aromatic heterocycles. The van der Waals surface area contributed by atoms with Gasteiger partial charge in [0.1, 0.15) is 0 Å². The van der Waals surface area contributed by atoms with E-state index in [1.54, 1.807) is 14.2 Å². The Kier molecular flexibility index (Phi) is 10.0. The molecule has 0 aromatic rings. The summed E-state index contributed by atoms with van der Waals surface area (Å²) < 4.78 is 21.3. The Balaban J connectivity index is 3.92. The molecule has 0 aliphatic rings. The topological polar surface area (TPSA) is 36.9 Å². The molecule has 0 aliphatic heterocycles. The molecule has 0 rings (SSSR count). The van der Waals surface area contributed by atoms with Gasteiger partial charge in [-0.25, -0.2) is 0 Å². The van der Waals surface area contributed by atoms with Crippen molar-refractivity contribution in [2.45, 2.75) is 32.7 Å². The van der Waals surface area contributed by atoms with Gasteiger partial charge in [-0.1, -0.05) is 13.8 Å². The van der Waals surface area contributed by atoms with Crippen LogP contribution in [0.5, 0.6) is 0 Å². The first-order valence-corrected chi connectivity index (χ1v) is 6.15. The zero-order valence-electron chi connectivity index (χ0n) is 9.49. The number of hydrogen-bond acceptors (Lipinski definition) is 4. The van der Waals surface area contributed by atoms with Crippen LogP contribution in [0.4, 0.5) is 0 Å². The van der Waals surface area contributed by atoms with Crippen molar-refractivity contribution >= 4 is 8.38 Å². The van der Waals surface area contributed by atoms with Crippen molar-refractivity contribution in [1.29, 1.82) is 0 Å². The SMILES string of the molecule is CCCOP(OCCC)C(OC)OC. The standard InChI is InChI=1S/C9H21O4P/c1-5-7-12-14(13-8-6-2)9(10-3)11-4/h9H,5-8H2,1-4H3. The van der Waals surface area contributed by atoms with Crippen LogP contribution in [0.25, 0.3) is 0 Å². The van der Waals surface area contributed by atoms with Gasteiger partial charge >= 0.3 is 0 Å². The Bertz CT molecular complexity index is 111. The minimum atomic E-state index is -1.08. The lowest BCUT2D eigenvalue weighted by molar-refractivity contribution is -0.0553. The summed E-state index contributed by atoms with van der Waals surface area (Å²) in [5, 5.41) is 0. The minimum Gasteiger partial charge on any atom is -0.348 e. The van der Waals surface area contributed by atoms with Crippen LogP contribution in [0.3, 0.4) is 0 Å². The van der Waals surface area contributed by atoms with Crippen LogP contribution in [0, 0.1) is 0 Å². The molecule has 0 aromatic carbocycles. The number of ether oxygens (including phenoxy) is 2. The molecular formula is C9H21O4P. The van der Waals surface area contributed by atoms with Crippen molar-refractivity contribution in [2.75, 3.05) is 27.4 Å². The lowest BCUT2D eigenvalue weighted by atomic mass is 10.5. The normalized spacial score (nSPS) is 11.6. The second kappa shape index (κ2) is 9.81. The second-order valence-corrected chi connectivity index (χ2v) is 4.24. The zero-order chi connectivity index (χ0) is 10.8. The zero-order valence-corrected chi connectivity index (χ0v) is 10.4. The van der Waals surface area contributed by atoms with Crippen molar-refractivity contribution < 1.29 is 18.5 Å². The van der Waals surface area contributed by atoms with Crippen molar-refractivity contribution in [3.63, 3.8) is 0 Å². The summed E-state index contributed by atoms with van der Waals surface area (Å²) in [6.07, 6.45) is 1.93. The summed E-state index contributed by atoms with van der Waals surface area (Å²) in [7, 11) is 2.10. The van der Waals surface area contributed by atoms with Crippen LogP contribution in [-0.4, -0.2) is 33.5 Å². The predicted octanol–water partition coefficient (Wildman–Crippen LogP) is 2.73. The molecule has 0 spiro atoms. The maximum absolute atomic E-state index is 5.53. The fourth-order valence-corrected chi connectivity index (χ4v) is 2.18. The first-order valence-electron chi connectivity index (χ1n) is 4.90. The van der Waals surface area contributed by atoms with E-state index in [0.717, 1.165) is 12.8 Å². The van der Waals surface area contributed by atoms with Crippen LogP contribution in [-0.2, 0) is 18.5 Å². The quantitative estimate of drug-likeness (QED) is 0.445. The largest absolute Gasteiger partial charge is 0.348 e. The molecule has 0 aliphatic carbocycles. The fraction of sp³-hybridized carbons (Fsp3) is 1.00. The molecule has 5 heteroatoms. The van der Waals surface area contributed by atoms with Crippen LogP contribution >= 0.6 is 8.38 Å². The van der Waals surface area contributed by atoms with Gasteiger partial charge in [-0.3, -0.25) is 0 Å². The van der Waals surface area contributed by atoms with Gasteiger partial charge in [-0.2, -0.15) is 0 Å². The Labute approximate surface area is 87.8 Å². The summed E-state index contributed by atoms with van der Waals surface area (Å²) in [6.45, 7) is 5.47. The Morgan fingerprint density at radius 3 is 1.64 bits per heavy atom. The maximum atomic E-state index is 5.53. The van der Waals surface area contributed by atoms with Gasteiger partial charge in [0.05, 0.1) is 13.2 Å². The van der Waals surface area contributed by atoms with Gasteiger partial charge in [-0.05, 0) is 12.8 Å². The molecule has 0 unspecified atom stereocenters.